The Morgan fingerprint density at radius 3 is 2.31 bits per heavy atom. The molecule has 72 valence electrons. The van der Waals surface area contributed by atoms with Crippen LogP contribution in [0.15, 0.2) is 35.2 Å². The molecule has 1 aromatic carbocycles. The molecule has 0 aliphatic rings. The maximum atomic E-state index is 11.5. The van der Waals surface area contributed by atoms with E-state index in [-0.39, 0.29) is 10.3 Å². The van der Waals surface area contributed by atoms with Crippen molar-refractivity contribution in [1.29, 1.82) is 0 Å². The third-order valence-electron chi connectivity index (χ3n) is 1.38. The highest BCUT2D eigenvalue weighted by Crippen LogP contribution is 2.08. The van der Waals surface area contributed by atoms with Gasteiger partial charge in [-0.25, -0.2) is 8.42 Å². The van der Waals surface area contributed by atoms with Gasteiger partial charge in [-0.1, -0.05) is 18.2 Å². The third-order valence-corrected chi connectivity index (χ3v) is 3.24. The summed E-state index contributed by atoms with van der Waals surface area (Å²) in [6, 6.07) is 8.20. The van der Waals surface area contributed by atoms with E-state index < -0.39 is 10.0 Å². The molecule has 1 aromatic rings. The molecule has 13 heavy (non-hydrogen) atoms. The topological polar surface area (TPSA) is 46.2 Å². The molecular formula is C8H11NO2S2. The van der Waals surface area contributed by atoms with Gasteiger partial charge in [0.25, 0.3) is 0 Å². The van der Waals surface area contributed by atoms with E-state index in [2.05, 4.69) is 17.4 Å². The second kappa shape index (κ2) is 4.13. The molecule has 0 spiro atoms. The second-order valence-electron chi connectivity index (χ2n) is 2.61. The van der Waals surface area contributed by atoms with Gasteiger partial charge in [0.05, 0.1) is 10.3 Å². The monoisotopic (exact) mass is 217 g/mol. The lowest BCUT2D eigenvalue weighted by molar-refractivity contribution is 0.581. The number of nitrogens with one attached hydrogen (secondary N) is 1. The molecule has 0 amide bonds. The van der Waals surface area contributed by atoms with Gasteiger partial charge in [0.2, 0.25) is 10.0 Å². The zero-order valence-corrected chi connectivity index (χ0v) is 8.85. The minimum atomic E-state index is -3.39. The molecule has 0 saturated carbocycles. The summed E-state index contributed by atoms with van der Waals surface area (Å²) in [6.07, 6.45) is 0. The summed E-state index contributed by atoms with van der Waals surface area (Å²) in [7, 11) is -3.39. The highest BCUT2D eigenvalue weighted by atomic mass is 32.2. The van der Waals surface area contributed by atoms with Crippen LogP contribution in [-0.4, -0.2) is 13.8 Å². The van der Waals surface area contributed by atoms with Crippen LogP contribution < -0.4 is 4.72 Å². The van der Waals surface area contributed by atoms with E-state index in [0.717, 1.165) is 0 Å². The fourth-order valence-corrected chi connectivity index (χ4v) is 2.41. The summed E-state index contributed by atoms with van der Waals surface area (Å²) in [5, 5.41) is -0.384. The lowest BCUT2D eigenvalue weighted by Gasteiger charge is -2.08. The lowest BCUT2D eigenvalue weighted by Crippen LogP contribution is -2.28. The van der Waals surface area contributed by atoms with Crippen LogP contribution >= 0.6 is 12.6 Å². The van der Waals surface area contributed by atoms with Crippen molar-refractivity contribution in [1.82, 2.24) is 4.72 Å². The summed E-state index contributed by atoms with van der Waals surface area (Å²) in [5.74, 6) is 0. The molecule has 0 aliphatic carbocycles. The van der Waals surface area contributed by atoms with Crippen molar-refractivity contribution >= 4 is 22.7 Å². The highest BCUT2D eigenvalue weighted by Gasteiger charge is 2.13. The van der Waals surface area contributed by atoms with Crippen LogP contribution in [0.5, 0.6) is 0 Å². The van der Waals surface area contributed by atoms with Crippen molar-refractivity contribution in [2.24, 2.45) is 0 Å². The molecule has 1 rings (SSSR count). The minimum absolute atomic E-state index is 0.260. The second-order valence-corrected chi connectivity index (χ2v) is 5.10. The number of rotatable bonds is 3. The van der Waals surface area contributed by atoms with Gasteiger partial charge < -0.3 is 0 Å². The van der Waals surface area contributed by atoms with Crippen LogP contribution in [0.1, 0.15) is 6.92 Å². The molecule has 0 radical (unpaired) electrons. The minimum Gasteiger partial charge on any atom is -0.207 e. The number of hydrogen-bond acceptors (Lipinski definition) is 3. The first-order valence-corrected chi connectivity index (χ1v) is 5.78. The van der Waals surface area contributed by atoms with Crippen LogP contribution in [0.2, 0.25) is 0 Å². The maximum absolute atomic E-state index is 11.5. The average Bonchev–Trinajstić information content (AvgIpc) is 2.04. The van der Waals surface area contributed by atoms with Crippen LogP contribution in [-0.2, 0) is 10.0 Å². The summed E-state index contributed by atoms with van der Waals surface area (Å²) in [4.78, 5) is 0.260. The standard InChI is InChI=1S/C8H11NO2S2/c1-7(12)9-13(10,11)8-5-3-2-4-6-8/h2-7,9,12H,1H3. The van der Waals surface area contributed by atoms with E-state index in [1.807, 2.05) is 0 Å². The molecule has 0 bridgehead atoms. The first-order chi connectivity index (χ1) is 6.02. The van der Waals surface area contributed by atoms with E-state index in [1.165, 1.54) is 0 Å². The average molecular weight is 217 g/mol. The third kappa shape index (κ3) is 3.02. The molecular weight excluding hydrogens is 206 g/mol. The van der Waals surface area contributed by atoms with Gasteiger partial charge in [-0.2, -0.15) is 17.4 Å². The van der Waals surface area contributed by atoms with Crippen molar-refractivity contribution in [2.75, 3.05) is 0 Å². The SMILES string of the molecule is CC(S)NS(=O)(=O)c1ccccc1. The molecule has 1 unspecified atom stereocenters. The summed E-state index contributed by atoms with van der Waals surface area (Å²) < 4.78 is 25.3. The number of sulfonamides is 1. The van der Waals surface area contributed by atoms with E-state index >= 15 is 0 Å². The van der Waals surface area contributed by atoms with Gasteiger partial charge in [0.1, 0.15) is 0 Å². The van der Waals surface area contributed by atoms with Crippen LogP contribution in [0.3, 0.4) is 0 Å². The largest absolute Gasteiger partial charge is 0.241 e. The molecule has 0 fully saturated rings. The molecule has 3 nitrogen and oxygen atoms in total. The van der Waals surface area contributed by atoms with Crippen molar-refractivity contribution in [3.63, 3.8) is 0 Å². The molecule has 0 heterocycles. The van der Waals surface area contributed by atoms with Crippen LogP contribution in [0.4, 0.5) is 0 Å². The van der Waals surface area contributed by atoms with Crippen LogP contribution in [0.25, 0.3) is 0 Å². The Kier molecular flexibility index (Phi) is 3.35. The molecule has 0 aliphatic heterocycles. The van der Waals surface area contributed by atoms with E-state index in [1.54, 1.807) is 37.3 Å². The highest BCUT2D eigenvalue weighted by molar-refractivity contribution is 7.90. The van der Waals surface area contributed by atoms with Gasteiger partial charge in [-0.05, 0) is 19.1 Å². The smallest absolute Gasteiger partial charge is 0.207 e. The maximum Gasteiger partial charge on any atom is 0.241 e. The fraction of sp³-hybridized carbons (Fsp3) is 0.250. The van der Waals surface area contributed by atoms with Crippen molar-refractivity contribution in [3.05, 3.63) is 30.3 Å². The Balaban J connectivity index is 2.96. The van der Waals surface area contributed by atoms with Crippen molar-refractivity contribution in [3.8, 4) is 0 Å². The van der Waals surface area contributed by atoms with Gasteiger partial charge in [0.15, 0.2) is 0 Å². The van der Waals surface area contributed by atoms with E-state index in [9.17, 15) is 8.42 Å². The van der Waals surface area contributed by atoms with Gasteiger partial charge in [0, 0.05) is 0 Å². The normalized spacial score (nSPS) is 14.0. The van der Waals surface area contributed by atoms with Crippen molar-refractivity contribution in [2.45, 2.75) is 17.2 Å². The Morgan fingerprint density at radius 2 is 1.85 bits per heavy atom. The molecule has 0 aromatic heterocycles. The van der Waals surface area contributed by atoms with Gasteiger partial charge in [-0.15, -0.1) is 0 Å². The van der Waals surface area contributed by atoms with Crippen molar-refractivity contribution < 1.29 is 8.42 Å². The summed E-state index contributed by atoms with van der Waals surface area (Å²) in [5.41, 5.74) is 0. The molecule has 1 N–H and O–H groups in total. The van der Waals surface area contributed by atoms with Crippen LogP contribution in [0, 0.1) is 0 Å². The summed E-state index contributed by atoms with van der Waals surface area (Å²) >= 11 is 3.95. The quantitative estimate of drug-likeness (QED) is 0.591. The zero-order valence-electron chi connectivity index (χ0n) is 7.14. The predicted octanol–water partition coefficient (Wildman–Crippen LogP) is 1.24. The lowest BCUT2D eigenvalue weighted by atomic mass is 10.4. The Hall–Kier alpha value is -0.520. The van der Waals surface area contributed by atoms with E-state index in [4.69, 9.17) is 0 Å². The van der Waals surface area contributed by atoms with E-state index in [0.29, 0.717) is 0 Å². The Labute approximate surface area is 83.6 Å². The van der Waals surface area contributed by atoms with Gasteiger partial charge in [-0.3, -0.25) is 0 Å². The summed E-state index contributed by atoms with van der Waals surface area (Å²) in [6.45, 7) is 1.66. The molecule has 0 saturated heterocycles. The fourth-order valence-electron chi connectivity index (χ4n) is 0.892. The van der Waals surface area contributed by atoms with Gasteiger partial charge >= 0.3 is 0 Å². The first kappa shape index (κ1) is 10.6. The Bertz CT molecular complexity index is 359. The Morgan fingerprint density at radius 1 is 1.31 bits per heavy atom. The number of thiol groups is 1. The molecule has 1 atom stereocenters. The predicted molar refractivity (Wildman–Crippen MR) is 55.2 cm³/mol. The number of hydrogen-bond donors (Lipinski definition) is 2. The zero-order chi connectivity index (χ0) is 9.90. The molecule has 5 heteroatoms. The number of benzene rings is 1. The first-order valence-electron chi connectivity index (χ1n) is 3.78.